The van der Waals surface area contributed by atoms with Gasteiger partial charge in [0.25, 0.3) is 0 Å². The van der Waals surface area contributed by atoms with Crippen LogP contribution in [0.5, 0.6) is 0 Å². The molecule has 39 heavy (non-hydrogen) atoms. The number of aryl methyl sites for hydroxylation is 1. The van der Waals surface area contributed by atoms with Crippen LogP contribution in [-0.4, -0.2) is 34.3 Å². The molecule has 1 aliphatic carbocycles. The fraction of sp³-hybridized carbons (Fsp3) is 0.321. The molecule has 1 N–H and O–H groups in total. The maximum Gasteiger partial charge on any atom is 0.453 e. The molecule has 3 heterocycles. The Bertz CT molecular complexity index is 1620. The maximum absolute atomic E-state index is 14.4. The average Bonchev–Trinajstić information content (AvgIpc) is 3.49. The second kappa shape index (κ2) is 9.18. The number of hydrogen-bond acceptors (Lipinski definition) is 6. The van der Waals surface area contributed by atoms with Crippen molar-refractivity contribution in [3.63, 3.8) is 0 Å². The summed E-state index contributed by atoms with van der Waals surface area (Å²) in [6.07, 6.45) is -0.0445. The molecule has 0 bridgehead atoms. The largest absolute Gasteiger partial charge is 0.478 e. The summed E-state index contributed by atoms with van der Waals surface area (Å²) in [5.74, 6) is -2.94. The van der Waals surface area contributed by atoms with Gasteiger partial charge in [0.05, 0.1) is 15.8 Å². The van der Waals surface area contributed by atoms with Crippen molar-refractivity contribution in [2.75, 3.05) is 18.0 Å². The number of hydrogen-bond donors (Lipinski definition) is 1. The Kier molecular flexibility index (Phi) is 6.01. The van der Waals surface area contributed by atoms with Gasteiger partial charge in [0, 0.05) is 18.7 Å². The number of halogens is 4. The monoisotopic (exact) mass is 557 g/mol. The van der Waals surface area contributed by atoms with Crippen LogP contribution in [-0.2, 0) is 6.18 Å². The van der Waals surface area contributed by atoms with Crippen molar-refractivity contribution in [1.82, 2.24) is 10.1 Å². The molecule has 1 spiro atoms. The highest BCUT2D eigenvalue weighted by atomic mass is 32.1. The minimum absolute atomic E-state index is 0.000864. The normalized spacial score (nSPS) is 17.1. The van der Waals surface area contributed by atoms with Crippen LogP contribution in [0.4, 0.5) is 22.7 Å². The number of carboxylic acids is 1. The number of rotatable bonds is 4. The van der Waals surface area contributed by atoms with Gasteiger partial charge in [-0.15, -0.1) is 0 Å². The van der Waals surface area contributed by atoms with E-state index in [9.17, 15) is 27.5 Å². The highest BCUT2D eigenvalue weighted by Crippen LogP contribution is 2.54. The predicted octanol–water partition coefficient (Wildman–Crippen LogP) is 7.58. The molecule has 6 nitrogen and oxygen atoms in total. The topological polar surface area (TPSA) is 79.5 Å². The Morgan fingerprint density at radius 2 is 1.90 bits per heavy atom. The molecule has 1 saturated carbocycles. The summed E-state index contributed by atoms with van der Waals surface area (Å²) in [4.78, 5) is 17.7. The summed E-state index contributed by atoms with van der Waals surface area (Å²) in [6, 6.07) is 9.56. The van der Waals surface area contributed by atoms with E-state index in [2.05, 4.69) is 15.0 Å². The molecular formula is C28H23F4N3O3S. The van der Waals surface area contributed by atoms with Crippen LogP contribution in [0.15, 0.2) is 46.5 Å². The molecule has 2 aromatic heterocycles. The Labute approximate surface area is 224 Å². The first kappa shape index (κ1) is 25.5. The number of anilines is 1. The molecular weight excluding hydrogens is 534 g/mol. The summed E-state index contributed by atoms with van der Waals surface area (Å²) in [5, 5.41) is 13.6. The highest BCUT2D eigenvalue weighted by molar-refractivity contribution is 7.22. The number of carbonyl (C=O) groups is 1. The SMILES string of the molecule is Cc1ccccc1-c1noc(C(F)(F)F)c1C=C1CC2(CCN(c3nc4c(F)cc(C(=O)O)cc4s3)CC2)C1. The highest BCUT2D eigenvalue weighted by Gasteiger charge is 2.45. The van der Waals surface area contributed by atoms with Crippen molar-refractivity contribution < 1.29 is 32.0 Å². The molecule has 0 radical (unpaired) electrons. The second-order valence-corrected chi connectivity index (χ2v) is 11.3. The zero-order valence-electron chi connectivity index (χ0n) is 20.8. The Morgan fingerprint density at radius 3 is 2.56 bits per heavy atom. The standard InChI is InChI=1S/C28H23F4N3O3S/c1-15-4-2-3-5-18(15)22-19(24(38-34-22)28(30,31)32)10-16-13-27(14-16)6-8-35(9-7-27)26-33-23-20(29)11-17(25(36)37)12-21(23)39-26/h2-5,10-12H,6-9,13-14H2,1H3,(H,36,37). The molecule has 202 valence electrons. The zero-order chi connectivity index (χ0) is 27.5. The van der Waals surface area contributed by atoms with Crippen LogP contribution < -0.4 is 4.90 Å². The first-order chi connectivity index (χ1) is 18.5. The fourth-order valence-corrected chi connectivity index (χ4v) is 6.72. The molecule has 2 fully saturated rings. The minimum atomic E-state index is -4.66. The van der Waals surface area contributed by atoms with Gasteiger partial charge in [-0.1, -0.05) is 46.3 Å². The van der Waals surface area contributed by atoms with E-state index in [-0.39, 0.29) is 27.8 Å². The molecule has 6 rings (SSSR count). The summed E-state index contributed by atoms with van der Waals surface area (Å²) in [7, 11) is 0. The van der Waals surface area contributed by atoms with Crippen LogP contribution in [0.3, 0.4) is 0 Å². The van der Waals surface area contributed by atoms with Crippen LogP contribution in [0.2, 0.25) is 0 Å². The van der Waals surface area contributed by atoms with Gasteiger partial charge in [-0.2, -0.15) is 13.2 Å². The van der Waals surface area contributed by atoms with Gasteiger partial charge in [-0.25, -0.2) is 14.2 Å². The first-order valence-electron chi connectivity index (χ1n) is 12.4. The van der Waals surface area contributed by atoms with Crippen LogP contribution in [0, 0.1) is 18.2 Å². The van der Waals surface area contributed by atoms with Gasteiger partial charge >= 0.3 is 12.1 Å². The molecule has 11 heteroatoms. The number of piperidine rings is 1. The number of alkyl halides is 3. The van der Waals surface area contributed by atoms with Gasteiger partial charge in [0.1, 0.15) is 11.2 Å². The van der Waals surface area contributed by atoms with E-state index in [0.29, 0.717) is 41.3 Å². The quantitative estimate of drug-likeness (QED) is 0.261. The summed E-state index contributed by atoms with van der Waals surface area (Å²) < 4.78 is 60.9. The molecule has 0 amide bonds. The van der Waals surface area contributed by atoms with Crippen molar-refractivity contribution in [3.8, 4) is 11.3 Å². The Morgan fingerprint density at radius 1 is 1.18 bits per heavy atom. The summed E-state index contributed by atoms with van der Waals surface area (Å²) in [5.41, 5.74) is 2.55. The number of fused-ring (bicyclic) bond motifs is 1. The number of thiazole rings is 1. The minimum Gasteiger partial charge on any atom is -0.478 e. The van der Waals surface area contributed by atoms with Crippen molar-refractivity contribution >= 4 is 38.7 Å². The molecule has 2 aliphatic rings. The van der Waals surface area contributed by atoms with E-state index in [1.54, 1.807) is 18.2 Å². The zero-order valence-corrected chi connectivity index (χ0v) is 21.6. The molecule has 1 aliphatic heterocycles. The van der Waals surface area contributed by atoms with E-state index < -0.39 is 23.7 Å². The van der Waals surface area contributed by atoms with Crippen LogP contribution in [0.25, 0.3) is 27.6 Å². The number of aromatic carboxylic acids is 1. The van der Waals surface area contributed by atoms with Gasteiger partial charge in [0.15, 0.2) is 10.9 Å². The van der Waals surface area contributed by atoms with E-state index in [1.807, 2.05) is 19.1 Å². The molecule has 0 unspecified atom stereocenters. The van der Waals surface area contributed by atoms with E-state index >= 15 is 0 Å². The van der Waals surface area contributed by atoms with Gasteiger partial charge in [-0.05, 0) is 61.8 Å². The number of benzene rings is 2. The lowest BCUT2D eigenvalue weighted by molar-refractivity contribution is -0.155. The number of allylic oxidation sites excluding steroid dienone is 1. The molecule has 2 aromatic carbocycles. The van der Waals surface area contributed by atoms with Gasteiger partial charge in [-0.3, -0.25) is 0 Å². The lowest BCUT2D eigenvalue weighted by atomic mass is 9.60. The van der Waals surface area contributed by atoms with E-state index in [1.165, 1.54) is 17.4 Å². The average molecular weight is 558 g/mol. The summed E-state index contributed by atoms with van der Waals surface area (Å²) in [6.45, 7) is 3.18. The third-order valence-corrected chi connectivity index (χ3v) is 8.78. The van der Waals surface area contributed by atoms with Gasteiger partial charge in [0.2, 0.25) is 5.76 Å². The summed E-state index contributed by atoms with van der Waals surface area (Å²) >= 11 is 1.26. The predicted molar refractivity (Wildman–Crippen MR) is 139 cm³/mol. The van der Waals surface area contributed by atoms with Crippen LogP contribution >= 0.6 is 11.3 Å². The maximum atomic E-state index is 14.4. The van der Waals surface area contributed by atoms with E-state index in [0.717, 1.165) is 30.0 Å². The fourth-order valence-electron chi connectivity index (χ4n) is 5.65. The lowest BCUT2D eigenvalue weighted by Gasteiger charge is -2.49. The number of aromatic nitrogens is 2. The Balaban J connectivity index is 1.19. The second-order valence-electron chi connectivity index (χ2n) is 10.3. The lowest BCUT2D eigenvalue weighted by Crippen LogP contribution is -2.44. The number of nitrogens with zero attached hydrogens (tertiary/aromatic N) is 3. The van der Waals surface area contributed by atoms with Crippen molar-refractivity contribution in [3.05, 3.63) is 70.2 Å². The molecule has 4 aromatic rings. The van der Waals surface area contributed by atoms with Crippen molar-refractivity contribution in [2.45, 2.75) is 38.8 Å². The smallest absolute Gasteiger partial charge is 0.453 e. The Hall–Kier alpha value is -3.73. The molecule has 0 atom stereocenters. The van der Waals surface area contributed by atoms with Gasteiger partial charge < -0.3 is 14.5 Å². The van der Waals surface area contributed by atoms with Crippen molar-refractivity contribution in [2.24, 2.45) is 5.41 Å². The van der Waals surface area contributed by atoms with Crippen molar-refractivity contribution in [1.29, 1.82) is 0 Å². The molecule has 1 saturated heterocycles. The first-order valence-corrected chi connectivity index (χ1v) is 13.3. The van der Waals surface area contributed by atoms with E-state index in [4.69, 9.17) is 4.52 Å². The third-order valence-electron chi connectivity index (χ3n) is 7.72. The number of carboxylic acid groups (broad SMARTS) is 1. The third kappa shape index (κ3) is 4.58. The van der Waals surface area contributed by atoms with Crippen LogP contribution in [0.1, 0.15) is 52.9 Å².